The first-order valence-corrected chi connectivity index (χ1v) is 9.80. The van der Waals surface area contributed by atoms with Crippen molar-refractivity contribution in [1.82, 2.24) is 5.32 Å². The van der Waals surface area contributed by atoms with E-state index in [-0.39, 0.29) is 17.9 Å². The quantitative estimate of drug-likeness (QED) is 0.126. The van der Waals surface area contributed by atoms with E-state index >= 15 is 0 Å². The minimum atomic E-state index is -1.79. The van der Waals surface area contributed by atoms with Crippen LogP contribution in [0, 0.1) is 0 Å². The van der Waals surface area contributed by atoms with Crippen LogP contribution in [0.2, 0.25) is 0 Å². The number of hydrogen-bond acceptors (Lipinski definition) is 6. The fraction of sp³-hybridized carbons (Fsp3) is 0.500. The number of carboxylic acid groups (broad SMARTS) is 2. The fourth-order valence-corrected chi connectivity index (χ4v) is 2.44. The Morgan fingerprint density at radius 2 is 1.71 bits per heavy atom. The molecule has 0 aromatic heterocycles. The van der Waals surface area contributed by atoms with Gasteiger partial charge in [0.05, 0.1) is 12.5 Å². The van der Waals surface area contributed by atoms with Crippen LogP contribution in [0.4, 0.5) is 0 Å². The standard InChI is InChI=1S/C16H27N5O.C4H6O5/c1-12(11-13-7-3-2-4-8-13)21-15(22)14(17)9-5-6-10-20-16(18)19;5-2(4(8)9)1-3(6)7/h2-4,7-8,12,14H,5-6,9-11,17H2,1H3,(H,21,22)(H4,18,19,20);2,5H,1H2,(H,6,7)(H,8,9). The van der Waals surface area contributed by atoms with E-state index in [4.69, 9.17) is 32.5 Å². The maximum Gasteiger partial charge on any atom is 0.333 e. The Bertz CT molecular complexity index is 709. The number of nitrogens with zero attached hydrogens (tertiary/aromatic N) is 1. The highest BCUT2D eigenvalue weighted by atomic mass is 16.4. The summed E-state index contributed by atoms with van der Waals surface area (Å²) in [5.74, 6) is -2.86. The van der Waals surface area contributed by atoms with Gasteiger partial charge in [0.2, 0.25) is 5.91 Å². The Balaban J connectivity index is 0.000000842. The lowest BCUT2D eigenvalue weighted by molar-refractivity contribution is -0.152. The summed E-state index contributed by atoms with van der Waals surface area (Å²) in [6.45, 7) is 2.55. The Labute approximate surface area is 181 Å². The third-order valence-corrected chi connectivity index (χ3v) is 3.98. The van der Waals surface area contributed by atoms with E-state index in [0.717, 1.165) is 19.3 Å². The number of benzene rings is 1. The number of carbonyl (C=O) groups excluding carboxylic acids is 1. The molecule has 0 spiro atoms. The van der Waals surface area contributed by atoms with Gasteiger partial charge in [0.1, 0.15) is 0 Å². The first-order chi connectivity index (χ1) is 14.5. The van der Waals surface area contributed by atoms with Crippen LogP contribution in [0.5, 0.6) is 0 Å². The van der Waals surface area contributed by atoms with Crippen LogP contribution in [0.1, 0.15) is 38.2 Å². The van der Waals surface area contributed by atoms with Crippen molar-refractivity contribution in [2.75, 3.05) is 6.54 Å². The zero-order chi connectivity index (χ0) is 23.8. The molecular weight excluding hydrogens is 406 g/mol. The van der Waals surface area contributed by atoms with Crippen LogP contribution < -0.4 is 22.5 Å². The average molecular weight is 440 g/mol. The Kier molecular flexibility index (Phi) is 14.0. The maximum absolute atomic E-state index is 12.0. The summed E-state index contributed by atoms with van der Waals surface area (Å²) >= 11 is 0. The fourth-order valence-electron chi connectivity index (χ4n) is 2.44. The van der Waals surface area contributed by atoms with Gasteiger partial charge in [-0.15, -0.1) is 0 Å². The second-order valence-electron chi connectivity index (χ2n) is 6.96. The number of hydrogen-bond donors (Lipinski definition) is 7. The van der Waals surface area contributed by atoms with Crippen molar-refractivity contribution < 1.29 is 29.7 Å². The highest BCUT2D eigenvalue weighted by molar-refractivity contribution is 5.81. The topological polar surface area (TPSA) is 214 Å². The summed E-state index contributed by atoms with van der Waals surface area (Å²) in [6.07, 6.45) is 0.516. The molecule has 0 aliphatic heterocycles. The van der Waals surface area contributed by atoms with Crippen molar-refractivity contribution in [3.05, 3.63) is 35.9 Å². The van der Waals surface area contributed by atoms with Gasteiger partial charge in [-0.05, 0) is 38.2 Å². The highest BCUT2D eigenvalue weighted by Gasteiger charge is 2.16. The molecule has 0 heterocycles. The Morgan fingerprint density at radius 1 is 1.10 bits per heavy atom. The Hall–Kier alpha value is -3.18. The first-order valence-electron chi connectivity index (χ1n) is 9.80. The number of carbonyl (C=O) groups is 3. The van der Waals surface area contributed by atoms with E-state index in [2.05, 4.69) is 10.3 Å². The molecule has 11 nitrogen and oxygen atoms in total. The molecule has 1 amide bonds. The molecule has 174 valence electrons. The van der Waals surface area contributed by atoms with E-state index in [0.29, 0.717) is 13.0 Å². The molecule has 0 saturated heterocycles. The number of aliphatic imine (C=N–C) groups is 1. The second-order valence-corrected chi connectivity index (χ2v) is 6.96. The van der Waals surface area contributed by atoms with Gasteiger partial charge in [-0.25, -0.2) is 4.79 Å². The third-order valence-electron chi connectivity index (χ3n) is 3.98. The molecule has 10 N–H and O–H groups in total. The number of guanidine groups is 1. The molecule has 1 aromatic carbocycles. The number of aliphatic hydroxyl groups excluding tert-OH is 1. The maximum atomic E-state index is 12.0. The number of unbranched alkanes of at least 4 members (excludes halogenated alkanes) is 1. The summed E-state index contributed by atoms with van der Waals surface area (Å²) in [7, 11) is 0. The minimum absolute atomic E-state index is 0.0580. The molecule has 31 heavy (non-hydrogen) atoms. The van der Waals surface area contributed by atoms with Crippen molar-refractivity contribution in [2.45, 2.75) is 57.2 Å². The molecule has 3 unspecified atom stereocenters. The smallest absolute Gasteiger partial charge is 0.333 e. The van der Waals surface area contributed by atoms with Gasteiger partial charge in [-0.1, -0.05) is 30.3 Å². The lowest BCUT2D eigenvalue weighted by atomic mass is 10.1. The summed E-state index contributed by atoms with van der Waals surface area (Å²) in [5.41, 5.74) is 17.6. The number of rotatable bonds is 12. The number of nitrogens with one attached hydrogen (secondary N) is 1. The van der Waals surface area contributed by atoms with Crippen LogP contribution in [0.3, 0.4) is 0 Å². The molecule has 1 rings (SSSR count). The average Bonchev–Trinajstić information content (AvgIpc) is 2.67. The van der Waals surface area contributed by atoms with Crippen LogP contribution in [0.15, 0.2) is 35.3 Å². The van der Waals surface area contributed by atoms with Crippen LogP contribution >= 0.6 is 0 Å². The summed E-state index contributed by atoms with van der Waals surface area (Å²) in [5, 5.41) is 27.1. The second kappa shape index (κ2) is 15.6. The minimum Gasteiger partial charge on any atom is -0.481 e. The van der Waals surface area contributed by atoms with Crippen LogP contribution in [-0.2, 0) is 20.8 Å². The number of nitrogens with two attached hydrogens (primary N) is 3. The molecule has 0 aliphatic rings. The van der Waals surface area contributed by atoms with Crippen molar-refractivity contribution in [1.29, 1.82) is 0 Å². The number of aliphatic hydroxyl groups is 1. The van der Waals surface area contributed by atoms with Gasteiger partial charge in [0, 0.05) is 12.6 Å². The number of carboxylic acids is 2. The van der Waals surface area contributed by atoms with Crippen molar-refractivity contribution >= 4 is 23.8 Å². The largest absolute Gasteiger partial charge is 0.481 e. The van der Waals surface area contributed by atoms with Crippen LogP contribution in [-0.4, -0.2) is 63.9 Å². The van der Waals surface area contributed by atoms with Gasteiger partial charge < -0.3 is 37.8 Å². The predicted octanol–water partition coefficient (Wildman–Crippen LogP) is -0.589. The highest BCUT2D eigenvalue weighted by Crippen LogP contribution is 2.04. The predicted molar refractivity (Wildman–Crippen MR) is 116 cm³/mol. The summed E-state index contributed by atoms with van der Waals surface area (Å²) in [6, 6.07) is 9.63. The van der Waals surface area contributed by atoms with E-state index < -0.39 is 30.5 Å². The third kappa shape index (κ3) is 15.3. The van der Waals surface area contributed by atoms with E-state index in [9.17, 15) is 14.4 Å². The molecule has 0 aliphatic carbocycles. The van der Waals surface area contributed by atoms with Gasteiger partial charge in [0.15, 0.2) is 12.1 Å². The zero-order valence-electron chi connectivity index (χ0n) is 17.6. The molecule has 3 atom stereocenters. The first kappa shape index (κ1) is 27.8. The molecule has 0 saturated carbocycles. The van der Waals surface area contributed by atoms with E-state index in [1.165, 1.54) is 5.56 Å². The molecule has 0 fully saturated rings. The van der Waals surface area contributed by atoms with Gasteiger partial charge in [-0.3, -0.25) is 14.6 Å². The lowest BCUT2D eigenvalue weighted by Crippen LogP contribution is -2.45. The normalized spacial score (nSPS) is 13.0. The summed E-state index contributed by atoms with van der Waals surface area (Å²) < 4.78 is 0. The van der Waals surface area contributed by atoms with E-state index in [1.807, 2.05) is 37.3 Å². The van der Waals surface area contributed by atoms with Gasteiger partial charge in [0.25, 0.3) is 0 Å². The molecule has 11 heteroatoms. The molecule has 0 bridgehead atoms. The van der Waals surface area contributed by atoms with Crippen molar-refractivity contribution in [2.24, 2.45) is 22.2 Å². The zero-order valence-corrected chi connectivity index (χ0v) is 17.6. The summed E-state index contributed by atoms with van der Waals surface area (Å²) in [4.78, 5) is 35.3. The van der Waals surface area contributed by atoms with Crippen LogP contribution in [0.25, 0.3) is 0 Å². The Morgan fingerprint density at radius 3 is 2.19 bits per heavy atom. The molecular formula is C20H33N5O6. The number of aliphatic carboxylic acids is 2. The molecule has 0 radical (unpaired) electrons. The van der Waals surface area contributed by atoms with Crippen molar-refractivity contribution in [3.63, 3.8) is 0 Å². The van der Waals surface area contributed by atoms with E-state index in [1.54, 1.807) is 0 Å². The van der Waals surface area contributed by atoms with Gasteiger partial charge >= 0.3 is 11.9 Å². The monoisotopic (exact) mass is 439 g/mol. The molecule has 1 aromatic rings. The van der Waals surface area contributed by atoms with Gasteiger partial charge in [-0.2, -0.15) is 0 Å². The number of amides is 1. The van der Waals surface area contributed by atoms with Crippen molar-refractivity contribution in [3.8, 4) is 0 Å². The SMILES string of the molecule is CC(Cc1ccccc1)NC(=O)C(N)CCCCN=C(N)N.O=C(O)CC(O)C(=O)O. The lowest BCUT2D eigenvalue weighted by Gasteiger charge is -2.17.